The van der Waals surface area contributed by atoms with Crippen molar-refractivity contribution in [1.29, 1.82) is 0 Å². The number of alkyl halides is 2. The van der Waals surface area contributed by atoms with E-state index < -0.39 is 5.92 Å². The van der Waals surface area contributed by atoms with Crippen LogP contribution in [0.25, 0.3) is 39.1 Å². The summed E-state index contributed by atoms with van der Waals surface area (Å²) >= 11 is 0. The van der Waals surface area contributed by atoms with E-state index in [1.165, 1.54) is 12.1 Å². The van der Waals surface area contributed by atoms with E-state index in [-0.39, 0.29) is 18.8 Å². The van der Waals surface area contributed by atoms with Crippen LogP contribution in [0.1, 0.15) is 23.2 Å². The van der Waals surface area contributed by atoms with E-state index in [9.17, 15) is 13.2 Å². The average molecular weight is 542 g/mol. The number of H-pyrrole nitrogens is 1. The molecule has 1 aliphatic heterocycles. The highest BCUT2D eigenvalue weighted by Gasteiger charge is 2.37. The van der Waals surface area contributed by atoms with Crippen molar-refractivity contribution in [2.75, 3.05) is 18.4 Å². The number of pyridine rings is 3. The minimum atomic E-state index is -2.64. The predicted octanol–water partition coefficient (Wildman–Crippen LogP) is 6.45. The lowest BCUT2D eigenvalue weighted by Gasteiger charge is -2.15. The summed E-state index contributed by atoms with van der Waals surface area (Å²) in [4.78, 5) is 15.3. The fourth-order valence-electron chi connectivity index (χ4n) is 4.98. The summed E-state index contributed by atoms with van der Waals surface area (Å²) in [6, 6.07) is 12.0. The summed E-state index contributed by atoms with van der Waals surface area (Å²) < 4.78 is 40.7. The van der Waals surface area contributed by atoms with Crippen molar-refractivity contribution in [1.82, 2.24) is 30.0 Å². The molecule has 1 fully saturated rings. The fraction of sp³-hybridized carbons (Fsp3) is 0.200. The molecule has 40 heavy (non-hydrogen) atoms. The van der Waals surface area contributed by atoms with Gasteiger partial charge in [-0.05, 0) is 53.9 Å². The lowest BCUT2D eigenvalue weighted by Crippen LogP contribution is -2.24. The Hall–Kier alpha value is -4.57. The number of benzene rings is 1. The highest BCUT2D eigenvalue weighted by molar-refractivity contribution is 5.91. The lowest BCUT2D eigenvalue weighted by atomic mass is 10.0. The smallest absolute Gasteiger partial charge is 0.261 e. The number of nitrogens with one attached hydrogen (secondary N) is 2. The Morgan fingerprint density at radius 2 is 1.85 bits per heavy atom. The molecule has 0 saturated carbocycles. The molecule has 0 aliphatic carbocycles. The first kappa shape index (κ1) is 25.7. The van der Waals surface area contributed by atoms with E-state index >= 15 is 0 Å². The zero-order valence-electron chi connectivity index (χ0n) is 21.8. The second kappa shape index (κ2) is 10.2. The number of anilines is 1. The van der Waals surface area contributed by atoms with E-state index in [0.29, 0.717) is 35.7 Å². The molecule has 10 heteroatoms. The molecule has 4 aromatic heterocycles. The summed E-state index contributed by atoms with van der Waals surface area (Å²) in [7, 11) is 0. The maximum absolute atomic E-state index is 13.6. The maximum atomic E-state index is 13.6. The Labute approximate surface area is 228 Å². The van der Waals surface area contributed by atoms with Crippen LogP contribution in [0.5, 0.6) is 0 Å². The molecule has 0 bridgehead atoms. The molecule has 0 amide bonds. The first-order valence-corrected chi connectivity index (χ1v) is 12.8. The van der Waals surface area contributed by atoms with Crippen LogP contribution in [0.15, 0.2) is 73.8 Å². The molecule has 7 nitrogen and oxygen atoms in total. The Morgan fingerprint density at radius 1 is 1.05 bits per heavy atom. The van der Waals surface area contributed by atoms with Gasteiger partial charge in [-0.3, -0.25) is 20.0 Å². The van der Waals surface area contributed by atoms with Crippen LogP contribution in [-0.4, -0.2) is 49.1 Å². The van der Waals surface area contributed by atoms with Crippen LogP contribution >= 0.6 is 0 Å². The summed E-state index contributed by atoms with van der Waals surface area (Å²) in [5.74, 6) is -2.93. The van der Waals surface area contributed by atoms with Gasteiger partial charge in [-0.15, -0.1) is 0 Å². The molecule has 0 atom stereocenters. The molecule has 0 radical (unpaired) electrons. The maximum Gasteiger partial charge on any atom is 0.261 e. The summed E-state index contributed by atoms with van der Waals surface area (Å²) in [6.07, 6.45) is 6.73. The Morgan fingerprint density at radius 3 is 2.62 bits per heavy atom. The molecule has 6 rings (SSSR count). The van der Waals surface area contributed by atoms with Gasteiger partial charge in [0.25, 0.3) is 5.92 Å². The molecule has 202 valence electrons. The minimum Gasteiger partial charge on any atom is -0.353 e. The van der Waals surface area contributed by atoms with Gasteiger partial charge in [0, 0.05) is 49.2 Å². The van der Waals surface area contributed by atoms with Crippen LogP contribution in [0.4, 0.5) is 18.9 Å². The third-order valence-corrected chi connectivity index (χ3v) is 7.10. The number of fused-ring (bicyclic) bond motifs is 1. The van der Waals surface area contributed by atoms with Gasteiger partial charge >= 0.3 is 0 Å². The average Bonchev–Trinajstić information content (AvgIpc) is 3.52. The van der Waals surface area contributed by atoms with Gasteiger partial charge in [0.2, 0.25) is 0 Å². The van der Waals surface area contributed by atoms with Gasteiger partial charge in [-0.2, -0.15) is 5.10 Å². The van der Waals surface area contributed by atoms with Crippen molar-refractivity contribution in [3.8, 4) is 22.4 Å². The number of aromatic amines is 1. The normalized spacial score (nSPS) is 15.0. The number of rotatable bonds is 7. The summed E-state index contributed by atoms with van der Waals surface area (Å²) in [5, 5.41) is 10.7. The van der Waals surface area contributed by atoms with E-state index in [1.807, 2.05) is 25.1 Å². The number of aromatic nitrogens is 5. The number of nitrogens with zero attached hydrogens (tertiary/aromatic N) is 5. The van der Waals surface area contributed by atoms with Crippen LogP contribution in [-0.2, 0) is 6.54 Å². The molecule has 0 unspecified atom stereocenters. The number of hydrogen-bond acceptors (Lipinski definition) is 6. The monoisotopic (exact) mass is 541 g/mol. The minimum absolute atomic E-state index is 0.119. The third kappa shape index (κ3) is 5.17. The molecule has 2 N–H and O–H groups in total. The molecule has 1 aromatic carbocycles. The van der Waals surface area contributed by atoms with Crippen molar-refractivity contribution in [2.24, 2.45) is 0 Å². The van der Waals surface area contributed by atoms with E-state index in [4.69, 9.17) is 4.98 Å². The molecular formula is C30H26F3N7. The fourth-order valence-corrected chi connectivity index (χ4v) is 4.98. The molecule has 5 aromatic rings. The second-order valence-electron chi connectivity index (χ2n) is 10.0. The quantitative estimate of drug-likeness (QED) is 0.246. The van der Waals surface area contributed by atoms with Crippen LogP contribution in [0.2, 0.25) is 0 Å². The second-order valence-corrected chi connectivity index (χ2v) is 10.0. The molecule has 0 spiro atoms. The number of likely N-dealkylation sites (tertiary alicyclic amines) is 1. The van der Waals surface area contributed by atoms with Gasteiger partial charge in [-0.1, -0.05) is 18.7 Å². The number of hydrogen-bond donors (Lipinski definition) is 2. The summed E-state index contributed by atoms with van der Waals surface area (Å²) in [6.45, 7) is 6.67. The number of halogens is 3. The summed E-state index contributed by atoms with van der Waals surface area (Å²) in [5.41, 5.74) is 8.13. The van der Waals surface area contributed by atoms with Gasteiger partial charge in [-0.25, -0.2) is 18.2 Å². The van der Waals surface area contributed by atoms with Crippen molar-refractivity contribution in [3.63, 3.8) is 0 Å². The Balaban J connectivity index is 1.25. The van der Waals surface area contributed by atoms with E-state index in [2.05, 4.69) is 32.1 Å². The highest BCUT2D eigenvalue weighted by atomic mass is 19.3. The highest BCUT2D eigenvalue weighted by Crippen LogP contribution is 2.31. The SMILES string of the molecule is C=C(Nc1cncc(-c2ccc(F)cc2)c1C)c1n[nH]c2ccc(-c3cncc(CN4CCC(F)(F)C4)c3)nc12. The van der Waals surface area contributed by atoms with Gasteiger partial charge in [0.15, 0.2) is 0 Å². The van der Waals surface area contributed by atoms with Gasteiger partial charge in [0.05, 0.1) is 35.3 Å². The van der Waals surface area contributed by atoms with Crippen LogP contribution in [0.3, 0.4) is 0 Å². The van der Waals surface area contributed by atoms with Crippen LogP contribution < -0.4 is 5.32 Å². The van der Waals surface area contributed by atoms with E-state index in [0.717, 1.165) is 39.0 Å². The molecular weight excluding hydrogens is 515 g/mol. The van der Waals surface area contributed by atoms with E-state index in [1.54, 1.807) is 41.8 Å². The zero-order chi connectivity index (χ0) is 27.9. The largest absolute Gasteiger partial charge is 0.353 e. The van der Waals surface area contributed by atoms with Crippen molar-refractivity contribution in [3.05, 3.63) is 96.5 Å². The standard InChI is InChI=1S/C30H26F3N7/c1-18-24(21-3-5-23(31)6-4-21)14-35-15-27(18)36-19(2)28-29-26(38-39-28)8-7-25(37-29)22-11-20(12-34-13-22)16-40-10-9-30(32,33)17-40/h3-8,11-15,36H,2,9-10,16-17H2,1H3,(H,38,39). The Bertz CT molecular complexity index is 1710. The van der Waals surface area contributed by atoms with Crippen molar-refractivity contribution < 1.29 is 13.2 Å². The molecule has 5 heterocycles. The first-order valence-electron chi connectivity index (χ1n) is 12.8. The van der Waals surface area contributed by atoms with Gasteiger partial charge in [0.1, 0.15) is 17.0 Å². The lowest BCUT2D eigenvalue weighted by molar-refractivity contribution is 0.0115. The van der Waals surface area contributed by atoms with Crippen molar-refractivity contribution >= 4 is 22.4 Å². The predicted molar refractivity (Wildman–Crippen MR) is 149 cm³/mol. The molecule has 1 aliphatic rings. The Kier molecular flexibility index (Phi) is 6.55. The first-order chi connectivity index (χ1) is 19.3. The zero-order valence-corrected chi connectivity index (χ0v) is 21.8. The van der Waals surface area contributed by atoms with Crippen LogP contribution in [0, 0.1) is 12.7 Å². The third-order valence-electron chi connectivity index (χ3n) is 7.10. The topological polar surface area (TPSA) is 82.6 Å². The molecule has 1 saturated heterocycles. The van der Waals surface area contributed by atoms with Crippen molar-refractivity contribution in [2.45, 2.75) is 25.8 Å². The van der Waals surface area contributed by atoms with Gasteiger partial charge < -0.3 is 5.32 Å².